The Morgan fingerprint density at radius 2 is 2.06 bits per heavy atom. The summed E-state index contributed by atoms with van der Waals surface area (Å²) in [5, 5.41) is 1.86. The van der Waals surface area contributed by atoms with Crippen molar-refractivity contribution in [3.63, 3.8) is 0 Å². The molecule has 0 atom stereocenters. The highest BCUT2D eigenvalue weighted by atomic mass is 35.5. The Kier molecular flexibility index (Phi) is 4.18. The highest BCUT2D eigenvalue weighted by Gasteiger charge is 2.17. The monoisotopic (exact) mass is 278 g/mol. The highest BCUT2D eigenvalue weighted by molar-refractivity contribution is 7.12. The van der Waals surface area contributed by atoms with E-state index in [0.717, 1.165) is 0 Å². The normalized spacial score (nSPS) is 11.3. The predicted octanol–water partition coefficient (Wildman–Crippen LogP) is 4.22. The van der Waals surface area contributed by atoms with Gasteiger partial charge < -0.3 is 4.74 Å². The molecule has 1 aromatic heterocycles. The minimum absolute atomic E-state index is 0.0931. The Balaban J connectivity index is 2.44. The van der Waals surface area contributed by atoms with E-state index < -0.39 is 0 Å². The molecule has 0 aliphatic carbocycles. The molecule has 0 spiro atoms. The number of allylic oxidation sites excluding steroid dienone is 1. The van der Waals surface area contributed by atoms with Crippen LogP contribution in [0.3, 0.4) is 0 Å². The van der Waals surface area contributed by atoms with Gasteiger partial charge in [-0.25, -0.2) is 0 Å². The molecule has 0 fully saturated rings. The molecule has 2 aromatic rings. The molecule has 1 aromatic carbocycles. The molecule has 4 heteroatoms. The zero-order chi connectivity index (χ0) is 13.0. The number of carbonyl (C=O) groups excluding carboxylic acids is 1. The summed E-state index contributed by atoms with van der Waals surface area (Å²) in [5.74, 6) is 0.541. The van der Waals surface area contributed by atoms with Gasteiger partial charge in [-0.3, -0.25) is 4.79 Å². The highest BCUT2D eigenvalue weighted by Crippen LogP contribution is 2.30. The van der Waals surface area contributed by atoms with Crippen molar-refractivity contribution in [3.05, 3.63) is 57.8 Å². The van der Waals surface area contributed by atoms with Crippen LogP contribution in [0.25, 0.3) is 5.57 Å². The molecule has 0 radical (unpaired) electrons. The van der Waals surface area contributed by atoms with E-state index in [1.807, 2.05) is 29.6 Å². The second-order valence-corrected chi connectivity index (χ2v) is 4.70. The maximum Gasteiger partial charge on any atom is 0.204 e. The molecule has 0 unspecified atom stereocenters. The van der Waals surface area contributed by atoms with Crippen LogP contribution in [0.15, 0.2) is 47.3 Å². The van der Waals surface area contributed by atoms with Gasteiger partial charge >= 0.3 is 0 Å². The van der Waals surface area contributed by atoms with E-state index >= 15 is 0 Å². The van der Waals surface area contributed by atoms with Gasteiger partial charge in [0.15, 0.2) is 0 Å². The number of ether oxygens (including phenoxy) is 1. The van der Waals surface area contributed by atoms with E-state index in [2.05, 4.69) is 0 Å². The van der Waals surface area contributed by atoms with Crippen molar-refractivity contribution in [2.75, 3.05) is 7.11 Å². The van der Waals surface area contributed by atoms with Gasteiger partial charge in [-0.1, -0.05) is 35.9 Å². The number of methoxy groups -OCH3 is 1. The first-order valence-electron chi connectivity index (χ1n) is 5.30. The SMILES string of the molecule is COc1ccccc1/C(=C\Cl)C(=O)c1cccs1. The van der Waals surface area contributed by atoms with Crippen LogP contribution < -0.4 is 4.74 Å². The van der Waals surface area contributed by atoms with Crippen molar-refractivity contribution in [1.82, 2.24) is 0 Å². The number of Topliss-reactive ketones (excluding diaryl/α,β-unsaturated/α-hetero) is 1. The zero-order valence-corrected chi connectivity index (χ0v) is 11.3. The number of hydrogen-bond acceptors (Lipinski definition) is 3. The van der Waals surface area contributed by atoms with Gasteiger partial charge in [0, 0.05) is 16.7 Å². The summed E-state index contributed by atoms with van der Waals surface area (Å²) < 4.78 is 5.25. The second-order valence-electron chi connectivity index (χ2n) is 3.53. The average molecular weight is 279 g/mol. The van der Waals surface area contributed by atoms with Crippen LogP contribution in [0.2, 0.25) is 0 Å². The maximum atomic E-state index is 12.3. The van der Waals surface area contributed by atoms with Crippen molar-refractivity contribution < 1.29 is 9.53 Å². The average Bonchev–Trinajstić information content (AvgIpc) is 2.94. The van der Waals surface area contributed by atoms with E-state index in [1.165, 1.54) is 16.9 Å². The van der Waals surface area contributed by atoms with E-state index in [1.54, 1.807) is 19.2 Å². The molecule has 0 aliphatic rings. The number of rotatable bonds is 4. The topological polar surface area (TPSA) is 26.3 Å². The Hall–Kier alpha value is -1.58. The van der Waals surface area contributed by atoms with Crippen LogP contribution >= 0.6 is 22.9 Å². The molecular weight excluding hydrogens is 268 g/mol. The molecule has 0 bridgehead atoms. The molecule has 2 rings (SSSR count). The molecule has 2 nitrogen and oxygen atoms in total. The van der Waals surface area contributed by atoms with Gasteiger partial charge in [0.2, 0.25) is 5.78 Å². The molecule has 92 valence electrons. The Bertz CT molecular complexity index is 573. The minimum Gasteiger partial charge on any atom is -0.496 e. The zero-order valence-electron chi connectivity index (χ0n) is 9.72. The van der Waals surface area contributed by atoms with Gasteiger partial charge in [0.25, 0.3) is 0 Å². The number of hydrogen-bond donors (Lipinski definition) is 0. The summed E-state index contributed by atoms with van der Waals surface area (Å²) in [7, 11) is 1.57. The van der Waals surface area contributed by atoms with Crippen molar-refractivity contribution in [2.45, 2.75) is 0 Å². The molecule has 18 heavy (non-hydrogen) atoms. The van der Waals surface area contributed by atoms with Crippen LogP contribution in [0.4, 0.5) is 0 Å². The van der Waals surface area contributed by atoms with Gasteiger partial charge in [-0.05, 0) is 17.5 Å². The van der Waals surface area contributed by atoms with Crippen LogP contribution in [-0.4, -0.2) is 12.9 Å². The molecule has 0 saturated heterocycles. The summed E-state index contributed by atoms with van der Waals surface area (Å²) in [6.45, 7) is 0. The minimum atomic E-state index is -0.0931. The van der Waals surface area contributed by atoms with Gasteiger partial charge in [-0.2, -0.15) is 0 Å². The van der Waals surface area contributed by atoms with Crippen LogP contribution in [-0.2, 0) is 0 Å². The van der Waals surface area contributed by atoms with Crippen molar-refractivity contribution in [2.24, 2.45) is 0 Å². The number of ketones is 1. The third-order valence-electron chi connectivity index (χ3n) is 2.50. The largest absolute Gasteiger partial charge is 0.496 e. The molecule has 0 saturated carbocycles. The molecule has 0 N–H and O–H groups in total. The lowest BCUT2D eigenvalue weighted by atomic mass is 10.0. The van der Waals surface area contributed by atoms with E-state index in [-0.39, 0.29) is 5.78 Å². The Labute approximate surface area is 114 Å². The second kappa shape index (κ2) is 5.85. The predicted molar refractivity (Wildman–Crippen MR) is 75.5 cm³/mol. The maximum absolute atomic E-state index is 12.3. The number of thiophene rings is 1. The van der Waals surface area contributed by atoms with Gasteiger partial charge in [0.05, 0.1) is 12.0 Å². The fraction of sp³-hybridized carbons (Fsp3) is 0.0714. The Morgan fingerprint density at radius 3 is 2.67 bits per heavy atom. The summed E-state index contributed by atoms with van der Waals surface area (Å²) in [4.78, 5) is 13.0. The summed E-state index contributed by atoms with van der Waals surface area (Å²) in [5.41, 5.74) is 2.45. The number of benzene rings is 1. The van der Waals surface area contributed by atoms with Crippen molar-refractivity contribution in [3.8, 4) is 5.75 Å². The van der Waals surface area contributed by atoms with Crippen LogP contribution in [0.5, 0.6) is 5.75 Å². The lowest BCUT2D eigenvalue weighted by Gasteiger charge is -2.09. The standard InChI is InChI=1S/C14H11ClO2S/c1-17-12-6-3-2-5-10(12)11(9-15)14(16)13-7-4-8-18-13/h2-9H,1H3/b11-9+. The van der Waals surface area contributed by atoms with Crippen LogP contribution in [0, 0.1) is 0 Å². The van der Waals surface area contributed by atoms with Gasteiger partial charge in [-0.15, -0.1) is 11.3 Å². The number of para-hydroxylation sites is 1. The first-order chi connectivity index (χ1) is 8.77. The number of halogens is 1. The lowest BCUT2D eigenvalue weighted by molar-refractivity contribution is 0.106. The van der Waals surface area contributed by atoms with E-state index in [4.69, 9.17) is 16.3 Å². The smallest absolute Gasteiger partial charge is 0.204 e. The van der Waals surface area contributed by atoms with Crippen LogP contribution in [0.1, 0.15) is 15.2 Å². The third kappa shape index (κ3) is 2.47. The summed E-state index contributed by atoms with van der Waals surface area (Å²) in [6.07, 6.45) is 0. The first kappa shape index (κ1) is 12.9. The van der Waals surface area contributed by atoms with E-state index in [0.29, 0.717) is 21.8 Å². The molecule has 0 aliphatic heterocycles. The van der Waals surface area contributed by atoms with Crippen molar-refractivity contribution in [1.29, 1.82) is 0 Å². The lowest BCUT2D eigenvalue weighted by Crippen LogP contribution is -2.02. The molecular formula is C14H11ClO2S. The van der Waals surface area contributed by atoms with E-state index in [9.17, 15) is 4.79 Å². The summed E-state index contributed by atoms with van der Waals surface area (Å²) in [6, 6.07) is 10.9. The third-order valence-corrected chi connectivity index (χ3v) is 3.58. The molecule has 1 heterocycles. The van der Waals surface area contributed by atoms with Gasteiger partial charge in [0.1, 0.15) is 5.75 Å². The van der Waals surface area contributed by atoms with Crippen molar-refractivity contribution >= 4 is 34.3 Å². The first-order valence-corrected chi connectivity index (χ1v) is 6.61. The Morgan fingerprint density at radius 1 is 1.28 bits per heavy atom. The molecule has 0 amide bonds. The quantitative estimate of drug-likeness (QED) is 0.618. The fourth-order valence-corrected chi connectivity index (χ4v) is 2.53. The number of carbonyl (C=O) groups is 1. The fourth-order valence-electron chi connectivity index (χ4n) is 1.64. The summed E-state index contributed by atoms with van der Waals surface area (Å²) >= 11 is 7.20.